The number of hydrogen-bond donors (Lipinski definition) is 1. The van der Waals surface area contributed by atoms with Gasteiger partial charge in [-0.2, -0.15) is 0 Å². The van der Waals surface area contributed by atoms with Crippen molar-refractivity contribution in [2.45, 2.75) is 25.3 Å². The van der Waals surface area contributed by atoms with E-state index in [4.69, 9.17) is 18.6 Å². The molecule has 192 valence electrons. The van der Waals surface area contributed by atoms with Gasteiger partial charge in [-0.3, -0.25) is 0 Å². The lowest BCUT2D eigenvalue weighted by molar-refractivity contribution is 0.262. The zero-order chi connectivity index (χ0) is 25.4. The van der Waals surface area contributed by atoms with Crippen LogP contribution in [-0.4, -0.2) is 55.1 Å². The molecule has 1 fully saturated rings. The summed E-state index contributed by atoms with van der Waals surface area (Å²) in [5.41, 5.74) is 3.72. The number of rotatable bonds is 8. The lowest BCUT2D eigenvalue weighted by atomic mass is 10.0. The first-order valence-electron chi connectivity index (χ1n) is 12.3. The summed E-state index contributed by atoms with van der Waals surface area (Å²) < 4.78 is 25.1. The van der Waals surface area contributed by atoms with E-state index >= 15 is 0 Å². The van der Waals surface area contributed by atoms with E-state index in [0.717, 1.165) is 34.7 Å². The first-order chi connectivity index (χ1) is 18.1. The number of nitrogens with one attached hydrogen (secondary N) is 1. The molecule has 0 bridgehead atoms. The van der Waals surface area contributed by atoms with Crippen molar-refractivity contribution in [3.05, 3.63) is 48.7 Å². The fourth-order valence-electron chi connectivity index (χ4n) is 4.85. The lowest BCUT2D eigenvalue weighted by Crippen LogP contribution is -2.43. The van der Waals surface area contributed by atoms with Crippen LogP contribution in [0.3, 0.4) is 0 Å². The van der Waals surface area contributed by atoms with Crippen LogP contribution >= 0.6 is 11.3 Å². The summed E-state index contributed by atoms with van der Waals surface area (Å²) in [5.74, 6) is 2.07. The summed E-state index contributed by atoms with van der Waals surface area (Å²) in [5, 5.41) is 9.00. The van der Waals surface area contributed by atoms with Crippen LogP contribution in [0.4, 0.5) is 11.4 Å². The number of hydrogen-bond acceptors (Lipinski definition) is 9. The number of anilines is 2. The fraction of sp³-hybridized carbons (Fsp3) is 0.333. The van der Waals surface area contributed by atoms with Crippen molar-refractivity contribution in [1.29, 1.82) is 0 Å². The SMILES string of the molecule is CNc1ccc(N2CCCCC2COc2cc(OC)cc3oc(-c4cn5nc(OC)sc5n4)cc23)cc1. The van der Waals surface area contributed by atoms with Gasteiger partial charge in [0.25, 0.3) is 5.19 Å². The lowest BCUT2D eigenvalue weighted by Gasteiger charge is -2.37. The van der Waals surface area contributed by atoms with Gasteiger partial charge in [-0.05, 0) is 60.9 Å². The summed E-state index contributed by atoms with van der Waals surface area (Å²) in [6.45, 7) is 1.59. The van der Waals surface area contributed by atoms with E-state index < -0.39 is 0 Å². The van der Waals surface area contributed by atoms with Gasteiger partial charge in [0.15, 0.2) is 5.76 Å². The maximum absolute atomic E-state index is 6.47. The Morgan fingerprint density at radius 2 is 1.97 bits per heavy atom. The second kappa shape index (κ2) is 9.85. The van der Waals surface area contributed by atoms with Gasteiger partial charge in [0.2, 0.25) is 4.96 Å². The predicted octanol–water partition coefficient (Wildman–Crippen LogP) is 5.70. The van der Waals surface area contributed by atoms with Crippen LogP contribution in [0, 0.1) is 0 Å². The molecule has 0 saturated carbocycles. The Balaban J connectivity index is 1.27. The monoisotopic (exact) mass is 519 g/mol. The predicted molar refractivity (Wildman–Crippen MR) is 146 cm³/mol. The first-order valence-corrected chi connectivity index (χ1v) is 13.2. The summed E-state index contributed by atoms with van der Waals surface area (Å²) in [7, 11) is 5.18. The van der Waals surface area contributed by atoms with Crippen LogP contribution in [0.25, 0.3) is 27.4 Å². The van der Waals surface area contributed by atoms with Crippen molar-refractivity contribution < 1.29 is 18.6 Å². The van der Waals surface area contributed by atoms with Crippen LogP contribution in [0.15, 0.2) is 53.1 Å². The molecule has 5 aromatic rings. The van der Waals surface area contributed by atoms with Crippen LogP contribution in [-0.2, 0) is 0 Å². The molecule has 0 radical (unpaired) electrons. The van der Waals surface area contributed by atoms with Gasteiger partial charge in [-0.25, -0.2) is 9.50 Å². The number of furan rings is 1. The minimum atomic E-state index is 0.280. The molecule has 0 aliphatic carbocycles. The Kier molecular flexibility index (Phi) is 6.25. The van der Waals surface area contributed by atoms with Crippen molar-refractivity contribution in [3.8, 4) is 28.1 Å². The minimum absolute atomic E-state index is 0.280. The number of methoxy groups -OCH3 is 2. The summed E-state index contributed by atoms with van der Waals surface area (Å²) in [4.78, 5) is 7.85. The van der Waals surface area contributed by atoms with Crippen LogP contribution < -0.4 is 24.4 Å². The highest BCUT2D eigenvalue weighted by Gasteiger charge is 2.24. The molecule has 4 heterocycles. The van der Waals surface area contributed by atoms with Crippen LogP contribution in [0.1, 0.15) is 19.3 Å². The fourth-order valence-corrected chi connectivity index (χ4v) is 5.55. The summed E-state index contributed by atoms with van der Waals surface area (Å²) >= 11 is 1.38. The van der Waals surface area contributed by atoms with Crippen molar-refractivity contribution in [2.75, 3.05) is 44.6 Å². The number of fused-ring (bicyclic) bond motifs is 2. The highest BCUT2D eigenvalue weighted by Crippen LogP contribution is 2.38. The molecule has 9 nitrogen and oxygen atoms in total. The second-order valence-corrected chi connectivity index (χ2v) is 9.94. The molecule has 2 aromatic carbocycles. The number of piperidine rings is 1. The molecule has 1 unspecified atom stereocenters. The van der Waals surface area contributed by atoms with Gasteiger partial charge in [-0.15, -0.1) is 5.10 Å². The van der Waals surface area contributed by atoms with E-state index in [1.54, 1.807) is 18.7 Å². The molecule has 0 spiro atoms. The van der Waals surface area contributed by atoms with E-state index in [9.17, 15) is 0 Å². The van der Waals surface area contributed by atoms with E-state index in [1.165, 1.54) is 29.9 Å². The molecular weight excluding hydrogens is 490 g/mol. The Morgan fingerprint density at radius 3 is 2.73 bits per heavy atom. The number of nitrogens with zero attached hydrogens (tertiary/aromatic N) is 4. The van der Waals surface area contributed by atoms with Gasteiger partial charge in [0.1, 0.15) is 29.4 Å². The van der Waals surface area contributed by atoms with Gasteiger partial charge in [-0.1, -0.05) is 0 Å². The third-order valence-electron chi connectivity index (χ3n) is 6.81. The van der Waals surface area contributed by atoms with Gasteiger partial charge in [0.05, 0.1) is 31.8 Å². The molecule has 10 heteroatoms. The molecule has 1 aliphatic rings. The van der Waals surface area contributed by atoms with Crippen LogP contribution in [0.5, 0.6) is 16.7 Å². The van der Waals surface area contributed by atoms with Crippen LogP contribution in [0.2, 0.25) is 0 Å². The number of imidazole rings is 1. The molecule has 1 N–H and O–H groups in total. The van der Waals surface area contributed by atoms with Gasteiger partial charge >= 0.3 is 0 Å². The van der Waals surface area contributed by atoms with Crippen molar-refractivity contribution in [1.82, 2.24) is 14.6 Å². The summed E-state index contributed by atoms with van der Waals surface area (Å²) in [6, 6.07) is 14.6. The van der Waals surface area contributed by atoms with E-state index in [2.05, 4.69) is 44.6 Å². The third-order valence-corrected chi connectivity index (χ3v) is 7.69. The smallest absolute Gasteiger partial charge is 0.294 e. The maximum Gasteiger partial charge on any atom is 0.294 e. The Labute approximate surface area is 218 Å². The topological polar surface area (TPSA) is 86.3 Å². The van der Waals surface area contributed by atoms with E-state index in [0.29, 0.717) is 34.6 Å². The average molecular weight is 520 g/mol. The normalized spacial score (nSPS) is 15.9. The van der Waals surface area contributed by atoms with E-state index in [1.807, 2.05) is 31.4 Å². The maximum atomic E-state index is 6.47. The Hall–Kier alpha value is -3.92. The molecule has 1 saturated heterocycles. The standard InChI is InChI=1S/C27H29N5O4S/c1-28-17-7-9-18(10-8-17)31-11-5-4-6-19(31)16-35-23-12-20(33-2)13-24-21(23)14-25(36-24)22-15-32-26(29-22)37-27(30-32)34-3/h7-10,12-15,19,28H,4-6,11,16H2,1-3H3. The highest BCUT2D eigenvalue weighted by molar-refractivity contribution is 7.18. The van der Waals surface area contributed by atoms with Gasteiger partial charge < -0.3 is 28.8 Å². The highest BCUT2D eigenvalue weighted by atomic mass is 32.1. The zero-order valence-electron chi connectivity index (χ0n) is 21.1. The zero-order valence-corrected chi connectivity index (χ0v) is 21.9. The van der Waals surface area contributed by atoms with Crippen molar-refractivity contribution in [3.63, 3.8) is 0 Å². The largest absolute Gasteiger partial charge is 0.496 e. The Morgan fingerprint density at radius 1 is 1.11 bits per heavy atom. The molecule has 37 heavy (non-hydrogen) atoms. The van der Waals surface area contributed by atoms with E-state index in [-0.39, 0.29) is 6.04 Å². The number of aromatic nitrogens is 3. The summed E-state index contributed by atoms with van der Waals surface area (Å²) in [6.07, 6.45) is 5.29. The first kappa shape index (κ1) is 23.5. The van der Waals surface area contributed by atoms with Gasteiger partial charge in [0, 0.05) is 37.1 Å². The molecule has 3 aromatic heterocycles. The number of benzene rings is 2. The molecular formula is C27H29N5O4S. The second-order valence-electron chi connectivity index (χ2n) is 9.02. The van der Waals surface area contributed by atoms with Crippen molar-refractivity contribution >= 4 is 38.6 Å². The average Bonchev–Trinajstić information content (AvgIpc) is 3.65. The molecule has 1 aliphatic heterocycles. The Bertz CT molecular complexity index is 1490. The quantitative estimate of drug-likeness (QED) is 0.279. The molecule has 0 amide bonds. The van der Waals surface area contributed by atoms with Crippen molar-refractivity contribution in [2.24, 2.45) is 0 Å². The third kappa shape index (κ3) is 4.53. The number of ether oxygens (including phenoxy) is 3. The molecule has 6 rings (SSSR count). The minimum Gasteiger partial charge on any atom is -0.496 e. The molecule has 1 atom stereocenters.